The highest BCUT2D eigenvalue weighted by atomic mass is 15.1. The topological polar surface area (TPSA) is 31.9 Å². The average molecular weight is 291 g/mol. The number of unbranched alkanes of at least 4 members (excludes halogenated alkanes) is 4. The molecule has 2 rings (SSSR count). The van der Waals surface area contributed by atoms with E-state index < -0.39 is 0 Å². The van der Waals surface area contributed by atoms with Crippen molar-refractivity contribution in [1.29, 1.82) is 0 Å². The summed E-state index contributed by atoms with van der Waals surface area (Å²) in [6.07, 6.45) is 14.5. The van der Waals surface area contributed by atoms with Crippen LogP contribution in [0.1, 0.15) is 76.1 Å². The maximum absolute atomic E-state index is 4.43. The van der Waals surface area contributed by atoms with Gasteiger partial charge in [0.25, 0.3) is 0 Å². The van der Waals surface area contributed by atoms with Crippen LogP contribution >= 0.6 is 0 Å². The van der Waals surface area contributed by atoms with Gasteiger partial charge in [0.15, 0.2) is 0 Å². The molecule has 1 fully saturated rings. The SMILES string of the molecule is CCCCc1cc(CCCCCCN2CCCCC2)n[nH]1. The van der Waals surface area contributed by atoms with Gasteiger partial charge >= 0.3 is 0 Å². The quantitative estimate of drug-likeness (QED) is 0.650. The molecule has 2 heterocycles. The Bertz CT molecular complexity index is 366. The van der Waals surface area contributed by atoms with E-state index in [2.05, 4.69) is 28.1 Å². The number of nitrogens with zero attached hydrogens (tertiary/aromatic N) is 2. The molecular weight excluding hydrogens is 258 g/mol. The van der Waals surface area contributed by atoms with Crippen molar-refractivity contribution in [3.05, 3.63) is 17.5 Å². The first-order valence-electron chi connectivity index (χ1n) is 9.14. The number of aromatic amines is 1. The van der Waals surface area contributed by atoms with E-state index in [0.29, 0.717) is 0 Å². The highest BCUT2D eigenvalue weighted by Crippen LogP contribution is 2.12. The molecule has 1 aromatic rings. The summed E-state index contributed by atoms with van der Waals surface area (Å²) in [5, 5.41) is 7.61. The summed E-state index contributed by atoms with van der Waals surface area (Å²) in [6.45, 7) is 6.24. The number of likely N-dealkylation sites (tertiary alicyclic amines) is 1. The van der Waals surface area contributed by atoms with E-state index in [1.165, 1.54) is 88.8 Å². The Hall–Kier alpha value is -0.830. The fraction of sp³-hybridized carbons (Fsp3) is 0.833. The largest absolute Gasteiger partial charge is 0.303 e. The molecule has 3 nitrogen and oxygen atoms in total. The van der Waals surface area contributed by atoms with Gasteiger partial charge in [-0.3, -0.25) is 5.10 Å². The Morgan fingerprint density at radius 1 is 1.00 bits per heavy atom. The van der Waals surface area contributed by atoms with Crippen molar-refractivity contribution < 1.29 is 0 Å². The molecule has 0 radical (unpaired) electrons. The zero-order valence-electron chi connectivity index (χ0n) is 13.9. The van der Waals surface area contributed by atoms with Crippen LogP contribution in [0.2, 0.25) is 0 Å². The number of piperidine rings is 1. The maximum Gasteiger partial charge on any atom is 0.0625 e. The molecule has 0 aliphatic carbocycles. The average Bonchev–Trinajstić information content (AvgIpc) is 2.97. The van der Waals surface area contributed by atoms with Crippen molar-refractivity contribution >= 4 is 0 Å². The van der Waals surface area contributed by atoms with Crippen molar-refractivity contribution in [1.82, 2.24) is 15.1 Å². The van der Waals surface area contributed by atoms with Gasteiger partial charge in [-0.15, -0.1) is 0 Å². The van der Waals surface area contributed by atoms with Gasteiger partial charge in [0.05, 0.1) is 5.69 Å². The Balaban J connectivity index is 1.48. The molecule has 1 aliphatic heterocycles. The van der Waals surface area contributed by atoms with Gasteiger partial charge in [-0.05, 0) is 70.6 Å². The van der Waals surface area contributed by atoms with Gasteiger partial charge in [0.1, 0.15) is 0 Å². The number of hydrogen-bond acceptors (Lipinski definition) is 2. The fourth-order valence-corrected chi connectivity index (χ4v) is 3.21. The summed E-state index contributed by atoms with van der Waals surface area (Å²) in [6, 6.07) is 2.27. The molecule has 0 amide bonds. The van der Waals surface area contributed by atoms with E-state index >= 15 is 0 Å². The molecule has 1 saturated heterocycles. The third-order valence-corrected chi connectivity index (χ3v) is 4.59. The third-order valence-electron chi connectivity index (χ3n) is 4.59. The van der Waals surface area contributed by atoms with E-state index in [-0.39, 0.29) is 0 Å². The predicted octanol–water partition coefficient (Wildman–Crippen LogP) is 4.34. The van der Waals surface area contributed by atoms with Crippen molar-refractivity contribution in [2.45, 2.75) is 77.6 Å². The van der Waals surface area contributed by atoms with Crippen molar-refractivity contribution in [2.24, 2.45) is 0 Å². The molecule has 1 aromatic heterocycles. The Morgan fingerprint density at radius 3 is 2.62 bits per heavy atom. The second-order valence-electron chi connectivity index (χ2n) is 6.55. The van der Waals surface area contributed by atoms with E-state index in [4.69, 9.17) is 0 Å². The van der Waals surface area contributed by atoms with Crippen LogP contribution in [0.4, 0.5) is 0 Å². The monoisotopic (exact) mass is 291 g/mol. The highest BCUT2D eigenvalue weighted by molar-refractivity contribution is 5.08. The second kappa shape index (κ2) is 9.99. The second-order valence-corrected chi connectivity index (χ2v) is 6.55. The minimum absolute atomic E-state index is 1.15. The van der Waals surface area contributed by atoms with Gasteiger partial charge in [-0.25, -0.2) is 0 Å². The minimum atomic E-state index is 1.15. The van der Waals surface area contributed by atoms with Crippen molar-refractivity contribution in [3.63, 3.8) is 0 Å². The minimum Gasteiger partial charge on any atom is -0.303 e. The number of aryl methyl sites for hydroxylation is 2. The van der Waals surface area contributed by atoms with Crippen LogP contribution in [-0.4, -0.2) is 34.7 Å². The smallest absolute Gasteiger partial charge is 0.0625 e. The van der Waals surface area contributed by atoms with Gasteiger partial charge in [0, 0.05) is 5.69 Å². The molecule has 0 aromatic carbocycles. The van der Waals surface area contributed by atoms with Gasteiger partial charge in [-0.1, -0.05) is 32.6 Å². The Labute approximate surface area is 130 Å². The molecule has 0 bridgehead atoms. The number of hydrogen-bond donors (Lipinski definition) is 1. The van der Waals surface area contributed by atoms with Crippen LogP contribution in [0.15, 0.2) is 6.07 Å². The summed E-state index contributed by atoms with van der Waals surface area (Å²) >= 11 is 0. The molecule has 1 aliphatic rings. The van der Waals surface area contributed by atoms with E-state index in [1.807, 2.05) is 0 Å². The molecule has 0 atom stereocenters. The molecular formula is C18H33N3. The van der Waals surface area contributed by atoms with Gasteiger partial charge in [0.2, 0.25) is 0 Å². The van der Waals surface area contributed by atoms with Crippen LogP contribution in [0.25, 0.3) is 0 Å². The summed E-state index contributed by atoms with van der Waals surface area (Å²) < 4.78 is 0. The molecule has 1 N–H and O–H groups in total. The first-order valence-corrected chi connectivity index (χ1v) is 9.14. The number of aromatic nitrogens is 2. The van der Waals surface area contributed by atoms with Gasteiger partial charge in [-0.2, -0.15) is 5.10 Å². The lowest BCUT2D eigenvalue weighted by Gasteiger charge is -2.26. The molecule has 0 unspecified atom stereocenters. The highest BCUT2D eigenvalue weighted by Gasteiger charge is 2.08. The number of rotatable bonds is 10. The first-order chi connectivity index (χ1) is 10.4. The normalized spacial score (nSPS) is 16.4. The lowest BCUT2D eigenvalue weighted by atomic mass is 10.1. The zero-order chi connectivity index (χ0) is 14.8. The zero-order valence-corrected chi connectivity index (χ0v) is 13.9. The first kappa shape index (κ1) is 16.5. The molecule has 0 saturated carbocycles. The molecule has 3 heteroatoms. The summed E-state index contributed by atoms with van der Waals surface area (Å²) in [5.74, 6) is 0. The van der Waals surface area contributed by atoms with Crippen LogP contribution in [0.3, 0.4) is 0 Å². The molecule has 0 spiro atoms. The summed E-state index contributed by atoms with van der Waals surface area (Å²) in [7, 11) is 0. The van der Waals surface area contributed by atoms with E-state index in [1.54, 1.807) is 0 Å². The number of H-pyrrole nitrogens is 1. The summed E-state index contributed by atoms with van der Waals surface area (Å²) in [4.78, 5) is 2.65. The van der Waals surface area contributed by atoms with Gasteiger partial charge < -0.3 is 4.90 Å². The number of nitrogens with one attached hydrogen (secondary N) is 1. The van der Waals surface area contributed by atoms with Crippen LogP contribution in [-0.2, 0) is 12.8 Å². The predicted molar refractivity (Wildman–Crippen MR) is 89.7 cm³/mol. The Morgan fingerprint density at radius 2 is 1.81 bits per heavy atom. The van der Waals surface area contributed by atoms with Crippen LogP contribution in [0.5, 0.6) is 0 Å². The standard InChI is InChI=1S/C18H33N3/c1-2-3-11-17-16-18(20-19-17)12-7-4-5-8-13-21-14-9-6-10-15-21/h16H,2-15H2,1H3,(H,19,20). The van der Waals surface area contributed by atoms with E-state index in [9.17, 15) is 0 Å². The summed E-state index contributed by atoms with van der Waals surface area (Å²) in [5.41, 5.74) is 2.58. The van der Waals surface area contributed by atoms with Crippen LogP contribution in [0, 0.1) is 0 Å². The van der Waals surface area contributed by atoms with Crippen molar-refractivity contribution in [3.8, 4) is 0 Å². The molecule has 120 valence electrons. The molecule has 21 heavy (non-hydrogen) atoms. The fourth-order valence-electron chi connectivity index (χ4n) is 3.21. The maximum atomic E-state index is 4.43. The third kappa shape index (κ3) is 6.64. The lowest BCUT2D eigenvalue weighted by Crippen LogP contribution is -2.30. The lowest BCUT2D eigenvalue weighted by molar-refractivity contribution is 0.224. The van der Waals surface area contributed by atoms with E-state index in [0.717, 1.165) is 12.8 Å². The Kier molecular flexibility index (Phi) is 7.87. The van der Waals surface area contributed by atoms with Crippen LogP contribution < -0.4 is 0 Å². The van der Waals surface area contributed by atoms with Crippen molar-refractivity contribution in [2.75, 3.05) is 19.6 Å².